The molecule has 0 aliphatic heterocycles. The lowest BCUT2D eigenvalue weighted by atomic mass is 10.0. The highest BCUT2D eigenvalue weighted by Crippen LogP contribution is 2.72. The first-order valence-corrected chi connectivity index (χ1v) is 7.03. The Balaban J connectivity index is 2.40. The summed E-state index contributed by atoms with van der Waals surface area (Å²) in [6.45, 7) is 13.4. The Morgan fingerprint density at radius 2 is 1.79 bits per heavy atom. The van der Waals surface area contributed by atoms with E-state index in [2.05, 4.69) is 46.6 Å². The van der Waals surface area contributed by atoms with E-state index in [0.29, 0.717) is 5.92 Å². The van der Waals surface area contributed by atoms with Gasteiger partial charge >= 0.3 is 0 Å². The van der Waals surface area contributed by atoms with Crippen LogP contribution in [0.3, 0.4) is 0 Å². The summed E-state index contributed by atoms with van der Waals surface area (Å²) in [6.07, 6.45) is 1.78. The summed E-state index contributed by atoms with van der Waals surface area (Å²) in [5.41, 5.74) is 8.11. The van der Waals surface area contributed by atoms with Crippen molar-refractivity contribution in [3.8, 4) is 5.75 Å². The van der Waals surface area contributed by atoms with Crippen molar-refractivity contribution in [3.05, 3.63) is 11.9 Å². The van der Waals surface area contributed by atoms with Gasteiger partial charge in [-0.25, -0.2) is 0 Å². The second-order valence-electron chi connectivity index (χ2n) is 7.08. The maximum Gasteiger partial charge on any atom is 0.161 e. The highest BCUT2D eigenvalue weighted by Gasteiger charge is 2.67. The van der Waals surface area contributed by atoms with Crippen LogP contribution in [0, 0.1) is 16.7 Å². The van der Waals surface area contributed by atoms with Crippen molar-refractivity contribution >= 4 is 0 Å². The van der Waals surface area contributed by atoms with Gasteiger partial charge in [-0.05, 0) is 30.6 Å². The van der Waals surface area contributed by atoms with E-state index in [-0.39, 0.29) is 22.9 Å². The Labute approximate surface area is 116 Å². The lowest BCUT2D eigenvalue weighted by Crippen LogP contribution is -2.22. The van der Waals surface area contributed by atoms with E-state index in [1.54, 1.807) is 13.3 Å². The predicted molar refractivity (Wildman–Crippen MR) is 77.1 cm³/mol. The number of rotatable bonds is 4. The lowest BCUT2D eigenvalue weighted by Gasteiger charge is -2.19. The monoisotopic (exact) mass is 265 g/mol. The van der Waals surface area contributed by atoms with Gasteiger partial charge in [-0.2, -0.15) is 5.10 Å². The van der Waals surface area contributed by atoms with Crippen LogP contribution in [0.1, 0.15) is 59.3 Å². The molecule has 0 radical (unpaired) electrons. The zero-order valence-electron chi connectivity index (χ0n) is 13.2. The molecule has 0 spiro atoms. The zero-order valence-corrected chi connectivity index (χ0v) is 13.2. The van der Waals surface area contributed by atoms with Crippen LogP contribution in [0.5, 0.6) is 5.75 Å². The molecule has 1 aromatic rings. The molecule has 1 fully saturated rings. The fourth-order valence-corrected chi connectivity index (χ4v) is 3.54. The minimum Gasteiger partial charge on any atom is -0.493 e. The second-order valence-corrected chi connectivity index (χ2v) is 7.08. The molecule has 0 saturated heterocycles. The summed E-state index contributed by atoms with van der Waals surface area (Å²) in [6, 6.07) is 0.250. The molecule has 2 rings (SSSR count). The Kier molecular flexibility index (Phi) is 3.21. The number of hydrogen-bond acceptors (Lipinski definition) is 3. The third-order valence-corrected chi connectivity index (χ3v) is 5.31. The summed E-state index contributed by atoms with van der Waals surface area (Å²) >= 11 is 0. The summed E-state index contributed by atoms with van der Waals surface area (Å²) in [7, 11) is 1.68. The summed E-state index contributed by atoms with van der Waals surface area (Å²) in [5.74, 6) is 1.25. The minimum absolute atomic E-state index is 0.0372. The largest absolute Gasteiger partial charge is 0.493 e. The Bertz CT molecular complexity index is 460. The molecule has 4 heteroatoms. The molecule has 1 atom stereocenters. The standard InChI is InChI=1S/C15H27N3O/c1-9(2)18-12(10(19-7)8-17-18)11(16)13-14(3,4)15(13,5)6/h8-9,11,13H,16H2,1-7H3. The first-order valence-electron chi connectivity index (χ1n) is 7.03. The van der Waals surface area contributed by atoms with Gasteiger partial charge in [0, 0.05) is 6.04 Å². The van der Waals surface area contributed by atoms with Gasteiger partial charge in [-0.15, -0.1) is 0 Å². The Hall–Kier alpha value is -1.03. The summed E-state index contributed by atoms with van der Waals surface area (Å²) in [4.78, 5) is 0. The molecular formula is C15H27N3O. The molecular weight excluding hydrogens is 238 g/mol. The van der Waals surface area contributed by atoms with Gasteiger partial charge in [0.1, 0.15) is 0 Å². The first kappa shape index (κ1) is 14.4. The van der Waals surface area contributed by atoms with Crippen molar-refractivity contribution in [1.29, 1.82) is 0 Å². The minimum atomic E-state index is -0.0372. The molecule has 2 N–H and O–H groups in total. The smallest absolute Gasteiger partial charge is 0.161 e. The molecule has 19 heavy (non-hydrogen) atoms. The first-order chi connectivity index (χ1) is 8.66. The van der Waals surface area contributed by atoms with E-state index in [0.717, 1.165) is 11.4 Å². The normalized spacial score (nSPS) is 22.6. The molecule has 4 nitrogen and oxygen atoms in total. The number of methoxy groups -OCH3 is 1. The number of aromatic nitrogens is 2. The fourth-order valence-electron chi connectivity index (χ4n) is 3.54. The van der Waals surface area contributed by atoms with Crippen LogP contribution in [0.2, 0.25) is 0 Å². The van der Waals surface area contributed by atoms with Crippen molar-refractivity contribution in [2.75, 3.05) is 7.11 Å². The van der Waals surface area contributed by atoms with E-state index in [9.17, 15) is 0 Å². The lowest BCUT2D eigenvalue weighted by molar-refractivity contribution is 0.379. The Morgan fingerprint density at radius 1 is 1.26 bits per heavy atom. The van der Waals surface area contributed by atoms with E-state index in [1.807, 2.05) is 4.68 Å². The van der Waals surface area contributed by atoms with Crippen LogP contribution in [-0.2, 0) is 0 Å². The van der Waals surface area contributed by atoms with E-state index in [1.165, 1.54) is 0 Å². The van der Waals surface area contributed by atoms with Gasteiger partial charge in [0.2, 0.25) is 0 Å². The average molecular weight is 265 g/mol. The molecule has 1 saturated carbocycles. The number of nitrogens with zero attached hydrogens (tertiary/aromatic N) is 2. The van der Waals surface area contributed by atoms with Gasteiger partial charge in [-0.3, -0.25) is 4.68 Å². The van der Waals surface area contributed by atoms with Gasteiger partial charge in [-0.1, -0.05) is 27.7 Å². The van der Waals surface area contributed by atoms with Crippen LogP contribution < -0.4 is 10.5 Å². The second kappa shape index (κ2) is 4.23. The molecule has 1 heterocycles. The van der Waals surface area contributed by atoms with Crippen LogP contribution >= 0.6 is 0 Å². The molecule has 0 amide bonds. The molecule has 1 aromatic heterocycles. The third-order valence-electron chi connectivity index (χ3n) is 5.31. The number of nitrogens with two attached hydrogens (primary N) is 1. The van der Waals surface area contributed by atoms with Crippen molar-refractivity contribution < 1.29 is 4.74 Å². The van der Waals surface area contributed by atoms with E-state index >= 15 is 0 Å². The number of ether oxygens (including phenoxy) is 1. The maximum absolute atomic E-state index is 6.57. The topological polar surface area (TPSA) is 53.1 Å². The highest BCUT2D eigenvalue weighted by molar-refractivity contribution is 5.33. The summed E-state index contributed by atoms with van der Waals surface area (Å²) in [5, 5.41) is 4.42. The Morgan fingerprint density at radius 3 is 2.16 bits per heavy atom. The molecule has 1 aliphatic rings. The molecule has 1 aliphatic carbocycles. The third kappa shape index (κ3) is 1.88. The van der Waals surface area contributed by atoms with E-state index in [4.69, 9.17) is 10.5 Å². The zero-order chi connectivity index (χ0) is 14.6. The van der Waals surface area contributed by atoms with Crippen LogP contribution in [0.15, 0.2) is 6.20 Å². The van der Waals surface area contributed by atoms with Crippen molar-refractivity contribution in [3.63, 3.8) is 0 Å². The number of hydrogen-bond donors (Lipinski definition) is 1. The molecule has 1 unspecified atom stereocenters. The molecule has 0 bridgehead atoms. The van der Waals surface area contributed by atoms with E-state index < -0.39 is 0 Å². The maximum atomic E-state index is 6.57. The molecule has 0 aromatic carbocycles. The van der Waals surface area contributed by atoms with Gasteiger partial charge < -0.3 is 10.5 Å². The van der Waals surface area contributed by atoms with Gasteiger partial charge in [0.25, 0.3) is 0 Å². The van der Waals surface area contributed by atoms with Crippen LogP contribution in [-0.4, -0.2) is 16.9 Å². The van der Waals surface area contributed by atoms with Crippen molar-refractivity contribution in [2.45, 2.75) is 53.6 Å². The van der Waals surface area contributed by atoms with Crippen LogP contribution in [0.25, 0.3) is 0 Å². The van der Waals surface area contributed by atoms with Crippen molar-refractivity contribution in [2.24, 2.45) is 22.5 Å². The average Bonchev–Trinajstić information content (AvgIpc) is 2.67. The van der Waals surface area contributed by atoms with Gasteiger partial charge in [0.05, 0.1) is 25.0 Å². The highest BCUT2D eigenvalue weighted by atomic mass is 16.5. The van der Waals surface area contributed by atoms with Crippen LogP contribution in [0.4, 0.5) is 0 Å². The predicted octanol–water partition coefficient (Wildman–Crippen LogP) is 3.15. The molecule has 108 valence electrons. The fraction of sp³-hybridized carbons (Fsp3) is 0.800. The quantitative estimate of drug-likeness (QED) is 0.909. The van der Waals surface area contributed by atoms with Crippen molar-refractivity contribution in [1.82, 2.24) is 9.78 Å². The van der Waals surface area contributed by atoms with Gasteiger partial charge in [0.15, 0.2) is 5.75 Å². The summed E-state index contributed by atoms with van der Waals surface area (Å²) < 4.78 is 7.44. The SMILES string of the molecule is COc1cnn(C(C)C)c1C(N)C1C(C)(C)C1(C)C.